The number of amidine groups is 1. The lowest BCUT2D eigenvalue weighted by Crippen LogP contribution is -2.34. The molecule has 1 heterocycles. The third-order valence-electron chi connectivity index (χ3n) is 2.85. The molecule has 0 radical (unpaired) electrons. The van der Waals surface area contributed by atoms with Crippen LogP contribution in [0.3, 0.4) is 0 Å². The summed E-state index contributed by atoms with van der Waals surface area (Å²) >= 11 is 1.39. The van der Waals surface area contributed by atoms with Crippen LogP contribution in [-0.2, 0) is 7.05 Å². The first-order valence-corrected chi connectivity index (χ1v) is 6.87. The van der Waals surface area contributed by atoms with E-state index in [1.54, 1.807) is 7.05 Å². The van der Waals surface area contributed by atoms with Gasteiger partial charge in [0.05, 0.1) is 5.84 Å². The van der Waals surface area contributed by atoms with Gasteiger partial charge in [-0.15, -0.1) is 0 Å². The molecular formula is C11H19N5O2S. The van der Waals surface area contributed by atoms with E-state index in [9.17, 15) is 9.59 Å². The van der Waals surface area contributed by atoms with Crippen molar-refractivity contribution in [1.82, 2.24) is 14.8 Å². The van der Waals surface area contributed by atoms with Crippen molar-refractivity contribution in [3.8, 4) is 0 Å². The summed E-state index contributed by atoms with van der Waals surface area (Å²) in [6, 6.07) is 0. The molecule has 7 nitrogen and oxygen atoms in total. The molecule has 19 heavy (non-hydrogen) atoms. The zero-order valence-electron chi connectivity index (χ0n) is 11.3. The third kappa shape index (κ3) is 4.23. The summed E-state index contributed by atoms with van der Waals surface area (Å²) in [7, 11) is 1.63. The van der Waals surface area contributed by atoms with Crippen LogP contribution in [-0.4, -0.2) is 26.4 Å². The SMILES string of the molecule is Cn1[nH]c(=O)c(=O)nc1SCCCC(C)(C)C(=N)N. The fourth-order valence-electron chi connectivity index (χ4n) is 1.40. The monoisotopic (exact) mass is 285 g/mol. The number of aryl methyl sites for hydroxylation is 1. The van der Waals surface area contributed by atoms with E-state index in [1.807, 2.05) is 13.8 Å². The molecule has 0 aromatic carbocycles. The third-order valence-corrected chi connectivity index (χ3v) is 3.97. The van der Waals surface area contributed by atoms with Crippen molar-refractivity contribution < 1.29 is 0 Å². The maximum Gasteiger partial charge on any atom is 0.339 e. The molecule has 1 aromatic heterocycles. The molecule has 4 N–H and O–H groups in total. The van der Waals surface area contributed by atoms with Gasteiger partial charge in [-0.05, 0) is 12.8 Å². The highest BCUT2D eigenvalue weighted by molar-refractivity contribution is 7.99. The number of aromatic nitrogens is 3. The van der Waals surface area contributed by atoms with E-state index in [1.165, 1.54) is 16.4 Å². The number of rotatable bonds is 6. The summed E-state index contributed by atoms with van der Waals surface area (Å²) in [5, 5.41) is 10.3. The van der Waals surface area contributed by atoms with E-state index in [0.29, 0.717) is 5.16 Å². The standard InChI is InChI=1S/C11H19N5O2S/c1-11(2,9(12)13)5-4-6-19-10-14-7(17)8(18)15-16(10)3/h4-6H2,1-3H3,(H3,12,13)(H,15,18). The number of nitrogens with zero attached hydrogens (tertiary/aromatic N) is 2. The Hall–Kier alpha value is -1.57. The quantitative estimate of drug-likeness (QED) is 0.228. The lowest BCUT2D eigenvalue weighted by molar-refractivity contribution is 0.464. The first-order valence-electron chi connectivity index (χ1n) is 5.88. The van der Waals surface area contributed by atoms with Crippen molar-refractivity contribution in [3.05, 3.63) is 20.7 Å². The van der Waals surface area contributed by atoms with Crippen LogP contribution in [0.1, 0.15) is 26.7 Å². The zero-order valence-corrected chi connectivity index (χ0v) is 12.1. The fourth-order valence-corrected chi connectivity index (χ4v) is 2.26. The van der Waals surface area contributed by atoms with E-state index in [-0.39, 0.29) is 11.3 Å². The van der Waals surface area contributed by atoms with Gasteiger partial charge in [0.2, 0.25) is 0 Å². The van der Waals surface area contributed by atoms with Gasteiger partial charge in [-0.25, -0.2) is 0 Å². The van der Waals surface area contributed by atoms with Gasteiger partial charge in [0.1, 0.15) is 0 Å². The number of nitrogens with one attached hydrogen (secondary N) is 2. The maximum atomic E-state index is 11.1. The van der Waals surface area contributed by atoms with Gasteiger partial charge in [0.25, 0.3) is 0 Å². The molecule has 1 rings (SSSR count). The van der Waals surface area contributed by atoms with E-state index in [4.69, 9.17) is 11.1 Å². The van der Waals surface area contributed by atoms with Crippen LogP contribution < -0.4 is 16.9 Å². The largest absolute Gasteiger partial charge is 0.387 e. The summed E-state index contributed by atoms with van der Waals surface area (Å²) < 4.78 is 1.44. The summed E-state index contributed by atoms with van der Waals surface area (Å²) in [6.07, 6.45) is 1.62. The van der Waals surface area contributed by atoms with Crippen molar-refractivity contribution in [2.75, 3.05) is 5.75 Å². The van der Waals surface area contributed by atoms with Crippen molar-refractivity contribution in [2.24, 2.45) is 18.2 Å². The second kappa shape index (κ2) is 6.05. The maximum absolute atomic E-state index is 11.1. The number of hydrogen-bond donors (Lipinski definition) is 3. The average molecular weight is 285 g/mol. The van der Waals surface area contributed by atoms with Crippen LogP contribution in [0, 0.1) is 10.8 Å². The van der Waals surface area contributed by atoms with Gasteiger partial charge in [-0.3, -0.25) is 24.8 Å². The Morgan fingerprint density at radius 1 is 1.53 bits per heavy atom. The van der Waals surface area contributed by atoms with Crippen LogP contribution in [0.5, 0.6) is 0 Å². The van der Waals surface area contributed by atoms with E-state index >= 15 is 0 Å². The molecule has 106 valence electrons. The Morgan fingerprint density at radius 3 is 2.74 bits per heavy atom. The Balaban J connectivity index is 2.55. The van der Waals surface area contributed by atoms with Crippen molar-refractivity contribution in [3.63, 3.8) is 0 Å². The molecule has 0 aliphatic carbocycles. The molecule has 0 atom stereocenters. The van der Waals surface area contributed by atoms with Crippen molar-refractivity contribution in [1.29, 1.82) is 5.41 Å². The molecule has 0 spiro atoms. The van der Waals surface area contributed by atoms with E-state index in [0.717, 1.165) is 18.6 Å². The minimum Gasteiger partial charge on any atom is -0.387 e. The number of H-pyrrole nitrogens is 1. The molecule has 0 fully saturated rings. The molecule has 0 aliphatic heterocycles. The van der Waals surface area contributed by atoms with Crippen LogP contribution >= 0.6 is 11.8 Å². The van der Waals surface area contributed by atoms with Crippen molar-refractivity contribution in [2.45, 2.75) is 31.8 Å². The average Bonchev–Trinajstić information content (AvgIpc) is 2.30. The van der Waals surface area contributed by atoms with Gasteiger partial charge >= 0.3 is 11.1 Å². The van der Waals surface area contributed by atoms with E-state index < -0.39 is 11.1 Å². The lowest BCUT2D eigenvalue weighted by atomic mass is 9.87. The van der Waals surface area contributed by atoms with Crippen LogP contribution in [0.2, 0.25) is 0 Å². The summed E-state index contributed by atoms with van der Waals surface area (Å²) in [4.78, 5) is 25.9. The molecule has 8 heteroatoms. The Labute approximate surface area is 115 Å². The number of nitrogens with two attached hydrogens (primary N) is 1. The van der Waals surface area contributed by atoms with Gasteiger partial charge in [-0.2, -0.15) is 4.98 Å². The van der Waals surface area contributed by atoms with Crippen LogP contribution in [0.15, 0.2) is 14.7 Å². The first-order chi connectivity index (χ1) is 8.74. The van der Waals surface area contributed by atoms with Gasteiger partial charge < -0.3 is 5.73 Å². The number of aromatic amines is 1. The Bertz CT molecular complexity index is 575. The molecule has 0 bridgehead atoms. The highest BCUT2D eigenvalue weighted by Crippen LogP contribution is 2.24. The second-order valence-electron chi connectivity index (χ2n) is 4.95. The fraction of sp³-hybridized carbons (Fsp3) is 0.636. The van der Waals surface area contributed by atoms with Crippen LogP contribution in [0.25, 0.3) is 0 Å². The summed E-state index contributed by atoms with van der Waals surface area (Å²) in [6.45, 7) is 3.85. The predicted molar refractivity (Wildman–Crippen MR) is 75.8 cm³/mol. The molecule has 0 aliphatic rings. The first kappa shape index (κ1) is 15.5. The van der Waals surface area contributed by atoms with Crippen LogP contribution in [0.4, 0.5) is 0 Å². The predicted octanol–water partition coefficient (Wildman–Crippen LogP) is 0.303. The molecule has 0 saturated heterocycles. The lowest BCUT2D eigenvalue weighted by Gasteiger charge is -2.22. The number of hydrogen-bond acceptors (Lipinski definition) is 5. The molecular weight excluding hydrogens is 266 g/mol. The Kier molecular flexibility index (Phi) is 4.93. The van der Waals surface area contributed by atoms with E-state index in [2.05, 4.69) is 10.1 Å². The summed E-state index contributed by atoms with van der Waals surface area (Å²) in [5.41, 5.74) is 3.70. The number of thioether (sulfide) groups is 1. The minimum absolute atomic E-state index is 0.173. The van der Waals surface area contributed by atoms with Gasteiger partial charge in [0, 0.05) is 18.2 Å². The molecule has 0 unspecified atom stereocenters. The minimum atomic E-state index is -0.773. The molecule has 1 aromatic rings. The molecule has 0 saturated carbocycles. The van der Waals surface area contributed by atoms with Crippen molar-refractivity contribution >= 4 is 17.6 Å². The second-order valence-corrected chi connectivity index (χ2v) is 6.01. The smallest absolute Gasteiger partial charge is 0.339 e. The Morgan fingerprint density at radius 2 is 2.16 bits per heavy atom. The highest BCUT2D eigenvalue weighted by Gasteiger charge is 2.20. The molecule has 0 amide bonds. The topological polar surface area (TPSA) is 118 Å². The zero-order chi connectivity index (χ0) is 14.6. The normalized spacial score (nSPS) is 11.5. The highest BCUT2D eigenvalue weighted by atomic mass is 32.2. The van der Waals surface area contributed by atoms with Gasteiger partial charge in [0.15, 0.2) is 5.16 Å². The van der Waals surface area contributed by atoms with Gasteiger partial charge in [-0.1, -0.05) is 25.6 Å². The summed E-state index contributed by atoms with van der Waals surface area (Å²) in [5.74, 6) is 0.912.